The molecular weight excluding hydrogens is 302 g/mol. The van der Waals surface area contributed by atoms with E-state index in [2.05, 4.69) is 5.10 Å². The number of fused-ring (bicyclic) bond motifs is 1. The molecule has 0 amide bonds. The summed E-state index contributed by atoms with van der Waals surface area (Å²) in [4.78, 5) is 10.9. The largest absolute Gasteiger partial charge is 0.277 e. The lowest BCUT2D eigenvalue weighted by Crippen LogP contribution is -1.95. The van der Waals surface area contributed by atoms with Gasteiger partial charge in [0.05, 0.1) is 27.9 Å². The van der Waals surface area contributed by atoms with Gasteiger partial charge in [-0.15, -0.1) is 0 Å². The molecule has 4 aromatic rings. The van der Waals surface area contributed by atoms with Crippen molar-refractivity contribution in [2.45, 2.75) is 0 Å². The molecule has 0 unspecified atom stereocenters. The topological polar surface area (TPSA) is 61.0 Å². The lowest BCUT2D eigenvalue weighted by atomic mass is 10.0. The average Bonchev–Trinajstić information content (AvgIpc) is 3.05. The Morgan fingerprint density at radius 1 is 0.917 bits per heavy atom. The van der Waals surface area contributed by atoms with Crippen LogP contribution in [-0.2, 0) is 0 Å². The van der Waals surface area contributed by atoms with Crippen LogP contribution in [0.5, 0.6) is 0 Å². The third-order valence-corrected chi connectivity index (χ3v) is 3.98. The number of hydrogen-bond donors (Lipinski definition) is 0. The summed E-state index contributed by atoms with van der Waals surface area (Å²) in [6.45, 7) is 0. The molecule has 0 saturated heterocycles. The highest BCUT2D eigenvalue weighted by molar-refractivity contribution is 5.87. The van der Waals surface area contributed by atoms with Crippen LogP contribution in [0.15, 0.2) is 79.0 Å². The number of para-hydroxylation sites is 2. The molecular formula is C19H13N3O2. The fourth-order valence-corrected chi connectivity index (χ4v) is 2.85. The molecule has 5 heteroatoms. The molecule has 0 aliphatic carbocycles. The van der Waals surface area contributed by atoms with Crippen LogP contribution >= 0.6 is 0 Å². The zero-order valence-corrected chi connectivity index (χ0v) is 12.7. The first-order valence-electron chi connectivity index (χ1n) is 7.51. The van der Waals surface area contributed by atoms with Crippen LogP contribution in [0.3, 0.4) is 0 Å². The second-order valence-electron chi connectivity index (χ2n) is 5.44. The van der Waals surface area contributed by atoms with Crippen LogP contribution in [0.1, 0.15) is 0 Å². The minimum atomic E-state index is -0.354. The molecule has 1 aromatic heterocycles. The minimum absolute atomic E-state index is 0.104. The van der Waals surface area contributed by atoms with Crippen LogP contribution in [-0.4, -0.2) is 14.7 Å². The van der Waals surface area contributed by atoms with E-state index in [-0.39, 0.29) is 10.6 Å². The first-order valence-corrected chi connectivity index (χ1v) is 7.51. The van der Waals surface area contributed by atoms with Gasteiger partial charge in [-0.25, -0.2) is 4.68 Å². The maximum atomic E-state index is 11.2. The molecule has 0 spiro atoms. The first-order chi connectivity index (χ1) is 11.7. The van der Waals surface area contributed by atoms with Gasteiger partial charge < -0.3 is 0 Å². The maximum Gasteiger partial charge on any atom is 0.277 e. The van der Waals surface area contributed by atoms with Gasteiger partial charge in [0, 0.05) is 11.5 Å². The summed E-state index contributed by atoms with van der Waals surface area (Å²) in [6.07, 6.45) is 1.78. The van der Waals surface area contributed by atoms with Crippen molar-refractivity contribution in [2.75, 3.05) is 0 Å². The molecule has 5 nitrogen and oxygen atoms in total. The third kappa shape index (κ3) is 2.32. The Hall–Kier alpha value is -3.47. The zero-order chi connectivity index (χ0) is 16.5. The highest BCUT2D eigenvalue weighted by Crippen LogP contribution is 2.32. The molecule has 24 heavy (non-hydrogen) atoms. The summed E-state index contributed by atoms with van der Waals surface area (Å²) < 4.78 is 1.86. The van der Waals surface area contributed by atoms with E-state index in [4.69, 9.17) is 0 Å². The molecule has 0 N–H and O–H groups in total. The van der Waals surface area contributed by atoms with Crippen molar-refractivity contribution in [1.82, 2.24) is 9.78 Å². The second-order valence-corrected chi connectivity index (χ2v) is 5.44. The molecule has 0 aliphatic heterocycles. The van der Waals surface area contributed by atoms with Gasteiger partial charge in [-0.2, -0.15) is 5.10 Å². The second kappa shape index (κ2) is 5.62. The van der Waals surface area contributed by atoms with E-state index in [1.165, 1.54) is 6.07 Å². The summed E-state index contributed by atoms with van der Waals surface area (Å²) in [5, 5.41) is 16.6. The lowest BCUT2D eigenvalue weighted by molar-refractivity contribution is -0.384. The quantitative estimate of drug-likeness (QED) is 0.410. The SMILES string of the molecule is O=[N+]([O-])c1ccccc1-c1ccc2c(cnn2-c2ccccc2)c1. The van der Waals surface area contributed by atoms with Crippen molar-refractivity contribution in [1.29, 1.82) is 0 Å². The average molecular weight is 315 g/mol. The molecule has 0 saturated carbocycles. The smallest absolute Gasteiger partial charge is 0.258 e. The predicted octanol–water partition coefficient (Wildman–Crippen LogP) is 4.60. The summed E-state index contributed by atoms with van der Waals surface area (Å²) in [6, 6.07) is 22.4. The number of benzene rings is 3. The lowest BCUT2D eigenvalue weighted by Gasteiger charge is -2.05. The molecule has 0 atom stereocenters. The molecule has 0 fully saturated rings. The van der Waals surface area contributed by atoms with Crippen LogP contribution in [0, 0.1) is 10.1 Å². The van der Waals surface area contributed by atoms with E-state index < -0.39 is 0 Å². The van der Waals surface area contributed by atoms with Gasteiger partial charge in [0.1, 0.15) is 0 Å². The minimum Gasteiger partial charge on any atom is -0.258 e. The number of hydrogen-bond acceptors (Lipinski definition) is 3. The summed E-state index contributed by atoms with van der Waals surface area (Å²) in [7, 11) is 0. The van der Waals surface area contributed by atoms with Crippen molar-refractivity contribution in [3.8, 4) is 16.8 Å². The van der Waals surface area contributed by atoms with Gasteiger partial charge in [0.25, 0.3) is 5.69 Å². The Labute approximate surface area is 137 Å². The third-order valence-electron chi connectivity index (χ3n) is 3.98. The molecule has 3 aromatic carbocycles. The fourth-order valence-electron chi connectivity index (χ4n) is 2.85. The number of aromatic nitrogens is 2. The van der Waals surface area contributed by atoms with Crippen LogP contribution < -0.4 is 0 Å². The molecule has 0 bridgehead atoms. The number of rotatable bonds is 3. The normalized spacial score (nSPS) is 10.8. The van der Waals surface area contributed by atoms with Gasteiger partial charge >= 0.3 is 0 Å². The Bertz CT molecular complexity index is 1040. The van der Waals surface area contributed by atoms with Crippen molar-refractivity contribution >= 4 is 16.6 Å². The Kier molecular flexibility index (Phi) is 3.31. The zero-order valence-electron chi connectivity index (χ0n) is 12.7. The molecule has 0 radical (unpaired) electrons. The standard InChI is InChI=1S/C19H13N3O2/c23-22(24)19-9-5-4-8-17(19)14-10-11-18-15(12-14)13-20-21(18)16-6-2-1-3-7-16/h1-13H. The van der Waals surface area contributed by atoms with Crippen molar-refractivity contribution < 1.29 is 4.92 Å². The van der Waals surface area contributed by atoms with Gasteiger partial charge in [0.15, 0.2) is 0 Å². The molecule has 0 aliphatic rings. The Morgan fingerprint density at radius 3 is 2.46 bits per heavy atom. The Morgan fingerprint density at radius 2 is 1.67 bits per heavy atom. The van der Waals surface area contributed by atoms with Crippen LogP contribution in [0.2, 0.25) is 0 Å². The fraction of sp³-hybridized carbons (Fsp3) is 0. The van der Waals surface area contributed by atoms with E-state index in [1.54, 1.807) is 24.4 Å². The van der Waals surface area contributed by atoms with Gasteiger partial charge in [-0.3, -0.25) is 10.1 Å². The monoisotopic (exact) mass is 315 g/mol. The van der Waals surface area contributed by atoms with Gasteiger partial charge in [-0.05, 0) is 35.9 Å². The van der Waals surface area contributed by atoms with Crippen molar-refractivity contribution in [2.24, 2.45) is 0 Å². The van der Waals surface area contributed by atoms with Gasteiger partial charge in [0.2, 0.25) is 0 Å². The molecule has 116 valence electrons. The highest BCUT2D eigenvalue weighted by atomic mass is 16.6. The first kappa shape index (κ1) is 14.1. The highest BCUT2D eigenvalue weighted by Gasteiger charge is 2.15. The maximum absolute atomic E-state index is 11.2. The summed E-state index contributed by atoms with van der Waals surface area (Å²) in [5.41, 5.74) is 3.46. The van der Waals surface area contributed by atoms with E-state index >= 15 is 0 Å². The van der Waals surface area contributed by atoms with Gasteiger partial charge in [-0.1, -0.05) is 36.4 Å². The van der Waals surface area contributed by atoms with E-state index in [0.29, 0.717) is 5.56 Å². The molecule has 1 heterocycles. The molecule has 4 rings (SSSR count). The van der Waals surface area contributed by atoms with Crippen LogP contribution in [0.25, 0.3) is 27.7 Å². The van der Waals surface area contributed by atoms with Crippen LogP contribution in [0.4, 0.5) is 5.69 Å². The number of nitrogens with zero attached hydrogens (tertiary/aromatic N) is 3. The number of nitro benzene ring substituents is 1. The van der Waals surface area contributed by atoms with Crippen molar-refractivity contribution in [3.05, 3.63) is 89.1 Å². The van der Waals surface area contributed by atoms with Crippen molar-refractivity contribution in [3.63, 3.8) is 0 Å². The van der Waals surface area contributed by atoms with E-state index in [1.807, 2.05) is 53.2 Å². The predicted molar refractivity (Wildman–Crippen MR) is 93.2 cm³/mol. The van der Waals surface area contributed by atoms with E-state index in [9.17, 15) is 10.1 Å². The summed E-state index contributed by atoms with van der Waals surface area (Å²) >= 11 is 0. The van der Waals surface area contributed by atoms with E-state index in [0.717, 1.165) is 22.2 Å². The Balaban J connectivity index is 1.86. The summed E-state index contributed by atoms with van der Waals surface area (Å²) in [5.74, 6) is 0. The number of nitro groups is 1.